The summed E-state index contributed by atoms with van der Waals surface area (Å²) in [6.45, 7) is 2.45. The molecule has 0 fully saturated rings. The number of aryl methyl sites for hydroxylation is 2. The van der Waals surface area contributed by atoms with Crippen LogP contribution in [-0.2, 0) is 13.6 Å². The predicted molar refractivity (Wildman–Crippen MR) is 67.4 cm³/mol. The third-order valence-corrected chi connectivity index (χ3v) is 2.97. The first-order valence-corrected chi connectivity index (χ1v) is 5.92. The van der Waals surface area contributed by atoms with Crippen LogP contribution in [0.3, 0.4) is 0 Å². The minimum absolute atomic E-state index is 0.257. The second kappa shape index (κ2) is 4.91. The van der Waals surface area contributed by atoms with Crippen molar-refractivity contribution < 1.29 is 4.79 Å². The lowest BCUT2D eigenvalue weighted by Gasteiger charge is -2.10. The second-order valence-electron chi connectivity index (χ2n) is 3.95. The van der Waals surface area contributed by atoms with Crippen molar-refractivity contribution >= 4 is 17.4 Å². The molecule has 1 unspecified atom stereocenters. The predicted octanol–water partition coefficient (Wildman–Crippen LogP) is 1.17. The molecule has 96 valence electrons. The molecule has 0 spiro atoms. The Kier molecular flexibility index (Phi) is 3.49. The van der Waals surface area contributed by atoms with Crippen LogP contribution in [0.5, 0.6) is 0 Å². The number of carbonyl (C=O) groups excluding carboxylic acids is 1. The number of aromatic nitrogens is 4. The molecule has 2 rings (SSSR count). The van der Waals surface area contributed by atoms with Gasteiger partial charge in [0.15, 0.2) is 0 Å². The second-order valence-corrected chi connectivity index (χ2v) is 4.35. The molecule has 1 atom stereocenters. The van der Waals surface area contributed by atoms with Gasteiger partial charge in [-0.15, -0.1) is 0 Å². The van der Waals surface area contributed by atoms with E-state index < -0.39 is 6.04 Å². The molecule has 0 saturated carbocycles. The van der Waals surface area contributed by atoms with Gasteiger partial charge in [0.1, 0.15) is 5.69 Å². The van der Waals surface area contributed by atoms with Crippen LogP contribution in [0.2, 0.25) is 5.02 Å². The van der Waals surface area contributed by atoms with E-state index in [9.17, 15) is 4.79 Å². The standard InChI is InChI=1S/C11H14ClN5O/c1-3-17-10(8(12)5-15-17)11(18)9(13)7-4-14-16(2)6-7/h4-6,9H,3,13H2,1-2H3. The molecule has 0 radical (unpaired) electrons. The fraction of sp³-hybridized carbons (Fsp3) is 0.364. The van der Waals surface area contributed by atoms with E-state index in [1.807, 2.05) is 6.92 Å². The van der Waals surface area contributed by atoms with Crippen molar-refractivity contribution in [3.05, 3.63) is 34.9 Å². The highest BCUT2D eigenvalue weighted by atomic mass is 35.5. The van der Waals surface area contributed by atoms with E-state index in [-0.39, 0.29) is 5.78 Å². The Hall–Kier alpha value is -1.66. The first kappa shape index (κ1) is 12.8. The van der Waals surface area contributed by atoms with Crippen molar-refractivity contribution in [3.8, 4) is 0 Å². The van der Waals surface area contributed by atoms with E-state index in [0.29, 0.717) is 22.8 Å². The summed E-state index contributed by atoms with van der Waals surface area (Å²) in [5.41, 5.74) is 6.93. The topological polar surface area (TPSA) is 78.7 Å². The van der Waals surface area contributed by atoms with Crippen molar-refractivity contribution in [1.82, 2.24) is 19.6 Å². The maximum atomic E-state index is 12.3. The van der Waals surface area contributed by atoms with Gasteiger partial charge >= 0.3 is 0 Å². The molecule has 2 N–H and O–H groups in total. The third-order valence-electron chi connectivity index (χ3n) is 2.69. The first-order chi connectivity index (χ1) is 8.54. The molecule has 0 aromatic carbocycles. The Morgan fingerprint density at radius 1 is 1.50 bits per heavy atom. The van der Waals surface area contributed by atoms with Crippen LogP contribution in [-0.4, -0.2) is 25.3 Å². The molecular formula is C11H14ClN5O. The summed E-state index contributed by atoms with van der Waals surface area (Å²) in [5.74, 6) is -0.257. The normalized spacial score (nSPS) is 12.7. The van der Waals surface area contributed by atoms with Gasteiger partial charge in [-0.2, -0.15) is 10.2 Å². The summed E-state index contributed by atoms with van der Waals surface area (Å²) >= 11 is 5.97. The van der Waals surface area contributed by atoms with Crippen LogP contribution in [0.25, 0.3) is 0 Å². The molecule has 2 aromatic heterocycles. The molecule has 6 nitrogen and oxygen atoms in total. The van der Waals surface area contributed by atoms with E-state index in [1.165, 1.54) is 6.20 Å². The number of Topliss-reactive ketones (excluding diaryl/α,β-unsaturated/α-hetero) is 1. The molecule has 2 heterocycles. The number of ketones is 1. The number of nitrogens with two attached hydrogens (primary N) is 1. The Morgan fingerprint density at radius 3 is 2.78 bits per heavy atom. The number of rotatable bonds is 4. The van der Waals surface area contributed by atoms with E-state index in [0.717, 1.165) is 0 Å². The van der Waals surface area contributed by atoms with Crippen LogP contribution < -0.4 is 5.73 Å². The lowest BCUT2D eigenvalue weighted by molar-refractivity contribution is 0.0951. The molecule has 0 aliphatic rings. The molecular weight excluding hydrogens is 254 g/mol. The van der Waals surface area contributed by atoms with Crippen LogP contribution in [0.1, 0.15) is 29.0 Å². The van der Waals surface area contributed by atoms with Gasteiger partial charge in [0.2, 0.25) is 5.78 Å². The summed E-state index contributed by atoms with van der Waals surface area (Å²) in [6.07, 6.45) is 4.74. The van der Waals surface area contributed by atoms with Crippen molar-refractivity contribution in [2.45, 2.75) is 19.5 Å². The Bertz CT molecular complexity index is 574. The van der Waals surface area contributed by atoms with Crippen molar-refractivity contribution in [1.29, 1.82) is 0 Å². The monoisotopic (exact) mass is 267 g/mol. The van der Waals surface area contributed by atoms with E-state index in [1.54, 1.807) is 28.8 Å². The average Bonchev–Trinajstić information content (AvgIpc) is 2.93. The quantitative estimate of drug-likeness (QED) is 0.844. The van der Waals surface area contributed by atoms with Gasteiger partial charge in [0.25, 0.3) is 0 Å². The maximum absolute atomic E-state index is 12.3. The van der Waals surface area contributed by atoms with Gasteiger partial charge in [-0.1, -0.05) is 11.6 Å². The number of halogens is 1. The lowest BCUT2D eigenvalue weighted by Crippen LogP contribution is -2.24. The number of hydrogen-bond donors (Lipinski definition) is 1. The largest absolute Gasteiger partial charge is 0.317 e. The van der Waals surface area contributed by atoms with Gasteiger partial charge in [-0.25, -0.2) is 0 Å². The van der Waals surface area contributed by atoms with E-state index >= 15 is 0 Å². The SMILES string of the molecule is CCn1ncc(Cl)c1C(=O)C(N)c1cnn(C)c1. The Balaban J connectivity index is 2.33. The molecule has 0 bridgehead atoms. The Morgan fingerprint density at radius 2 is 2.22 bits per heavy atom. The van der Waals surface area contributed by atoms with Gasteiger partial charge < -0.3 is 5.73 Å². The maximum Gasteiger partial charge on any atom is 0.203 e. The van der Waals surface area contributed by atoms with Crippen LogP contribution >= 0.6 is 11.6 Å². The number of nitrogens with zero attached hydrogens (tertiary/aromatic N) is 4. The molecule has 0 saturated heterocycles. The smallest absolute Gasteiger partial charge is 0.203 e. The van der Waals surface area contributed by atoms with E-state index in [4.69, 9.17) is 17.3 Å². The molecule has 0 aliphatic carbocycles. The minimum Gasteiger partial charge on any atom is -0.317 e. The third kappa shape index (κ3) is 2.16. The lowest BCUT2D eigenvalue weighted by atomic mass is 10.1. The summed E-state index contributed by atoms with van der Waals surface area (Å²) in [7, 11) is 1.77. The molecule has 2 aromatic rings. The summed E-state index contributed by atoms with van der Waals surface area (Å²) < 4.78 is 3.14. The van der Waals surface area contributed by atoms with Crippen molar-refractivity contribution in [3.63, 3.8) is 0 Å². The highest BCUT2D eigenvalue weighted by Gasteiger charge is 2.24. The van der Waals surface area contributed by atoms with E-state index in [2.05, 4.69) is 10.2 Å². The molecule has 0 amide bonds. The number of carbonyl (C=O) groups is 1. The summed E-state index contributed by atoms with van der Waals surface area (Å²) in [4.78, 5) is 12.3. The summed E-state index contributed by atoms with van der Waals surface area (Å²) in [6, 6.07) is -0.779. The fourth-order valence-electron chi connectivity index (χ4n) is 1.75. The first-order valence-electron chi connectivity index (χ1n) is 5.54. The van der Waals surface area contributed by atoms with Crippen LogP contribution in [0.4, 0.5) is 0 Å². The molecule has 0 aliphatic heterocycles. The van der Waals surface area contributed by atoms with Crippen LogP contribution in [0.15, 0.2) is 18.6 Å². The zero-order valence-corrected chi connectivity index (χ0v) is 10.9. The zero-order valence-electron chi connectivity index (χ0n) is 10.2. The minimum atomic E-state index is -0.779. The number of hydrogen-bond acceptors (Lipinski definition) is 4. The van der Waals surface area contributed by atoms with Crippen LogP contribution in [0, 0.1) is 0 Å². The van der Waals surface area contributed by atoms with Gasteiger partial charge in [0.05, 0.1) is 23.5 Å². The summed E-state index contributed by atoms with van der Waals surface area (Å²) in [5, 5.41) is 8.34. The van der Waals surface area contributed by atoms with Crippen molar-refractivity contribution in [2.75, 3.05) is 0 Å². The Labute approximate surface area is 109 Å². The highest BCUT2D eigenvalue weighted by Crippen LogP contribution is 2.21. The molecule has 18 heavy (non-hydrogen) atoms. The van der Waals surface area contributed by atoms with Crippen molar-refractivity contribution in [2.24, 2.45) is 12.8 Å². The average molecular weight is 268 g/mol. The van der Waals surface area contributed by atoms with Gasteiger partial charge in [0, 0.05) is 25.4 Å². The highest BCUT2D eigenvalue weighted by molar-refractivity contribution is 6.33. The fourth-order valence-corrected chi connectivity index (χ4v) is 1.98. The zero-order chi connectivity index (χ0) is 13.3. The molecule has 7 heteroatoms. The van der Waals surface area contributed by atoms with Gasteiger partial charge in [-0.3, -0.25) is 14.2 Å². The van der Waals surface area contributed by atoms with Gasteiger partial charge in [-0.05, 0) is 6.92 Å².